The van der Waals surface area contributed by atoms with E-state index in [0.717, 1.165) is 17.8 Å². The molecule has 0 radical (unpaired) electrons. The minimum atomic E-state index is 0.732. The van der Waals surface area contributed by atoms with Crippen molar-refractivity contribution in [2.24, 2.45) is 17.8 Å². The van der Waals surface area contributed by atoms with E-state index in [1.54, 1.807) is 0 Å². The van der Waals surface area contributed by atoms with E-state index in [1.807, 2.05) is 0 Å². The molecule has 0 aromatic heterocycles. The molecule has 3 atom stereocenters. The van der Waals surface area contributed by atoms with Gasteiger partial charge >= 0.3 is 0 Å². The summed E-state index contributed by atoms with van der Waals surface area (Å²) in [6, 6.07) is 0. The minimum Gasteiger partial charge on any atom is -0.0999 e. The number of allylic oxidation sites excluding steroid dienone is 2. The topological polar surface area (TPSA) is 0 Å². The predicted molar refractivity (Wildman–Crippen MR) is 59.6 cm³/mol. The molecule has 3 unspecified atom stereocenters. The summed E-state index contributed by atoms with van der Waals surface area (Å²) in [6.45, 7) is 14.8. The monoisotopic (exact) mass is 178 g/mol. The molecule has 1 fully saturated rings. The van der Waals surface area contributed by atoms with Gasteiger partial charge in [-0.1, -0.05) is 31.2 Å². The molecule has 1 rings (SSSR count). The van der Waals surface area contributed by atoms with E-state index in [-0.39, 0.29) is 0 Å². The van der Waals surface area contributed by atoms with E-state index in [1.165, 1.54) is 30.4 Å². The number of hydrogen-bond donors (Lipinski definition) is 0. The van der Waals surface area contributed by atoms with Crippen LogP contribution < -0.4 is 0 Å². The van der Waals surface area contributed by atoms with Gasteiger partial charge in [-0.3, -0.25) is 0 Å². The molecule has 74 valence electrons. The molecule has 0 N–H and O–H groups in total. The molecule has 0 amide bonds. The zero-order chi connectivity index (χ0) is 10.0. The lowest BCUT2D eigenvalue weighted by Crippen LogP contribution is -2.24. The van der Waals surface area contributed by atoms with Gasteiger partial charge in [0.15, 0.2) is 0 Å². The first-order chi connectivity index (χ1) is 6.02. The average Bonchev–Trinajstić information content (AvgIpc) is 2.04. The van der Waals surface area contributed by atoms with Crippen LogP contribution >= 0.6 is 0 Å². The minimum absolute atomic E-state index is 0.732. The van der Waals surface area contributed by atoms with Gasteiger partial charge in [0.05, 0.1) is 0 Å². The van der Waals surface area contributed by atoms with Crippen molar-refractivity contribution >= 4 is 0 Å². The van der Waals surface area contributed by atoms with E-state index in [4.69, 9.17) is 0 Å². The second-order valence-corrected chi connectivity index (χ2v) is 4.79. The molecule has 0 heterocycles. The van der Waals surface area contributed by atoms with Crippen molar-refractivity contribution in [1.29, 1.82) is 0 Å². The highest BCUT2D eigenvalue weighted by atomic mass is 14.3. The Kier molecular flexibility index (Phi) is 3.35. The standard InChI is InChI=1S/C13H22/c1-9(2)12-7-6-11(5)13(8-12)10(3)4/h11-13H,1,3,6-8H2,2,4-5H3. The third-order valence-electron chi connectivity index (χ3n) is 3.53. The van der Waals surface area contributed by atoms with Crippen LogP contribution in [0.5, 0.6) is 0 Å². The van der Waals surface area contributed by atoms with Gasteiger partial charge in [0, 0.05) is 0 Å². The summed E-state index contributed by atoms with van der Waals surface area (Å²) < 4.78 is 0. The van der Waals surface area contributed by atoms with Crippen LogP contribution in [0.2, 0.25) is 0 Å². The summed E-state index contributed by atoms with van der Waals surface area (Å²) in [4.78, 5) is 0. The second-order valence-electron chi connectivity index (χ2n) is 4.79. The highest BCUT2D eigenvalue weighted by Gasteiger charge is 2.28. The highest BCUT2D eigenvalue weighted by molar-refractivity contribution is 5.06. The van der Waals surface area contributed by atoms with Crippen molar-refractivity contribution in [3.63, 3.8) is 0 Å². The first-order valence-corrected chi connectivity index (χ1v) is 5.33. The van der Waals surface area contributed by atoms with Gasteiger partial charge in [0.2, 0.25) is 0 Å². The normalized spacial score (nSPS) is 34.2. The Morgan fingerprint density at radius 3 is 2.15 bits per heavy atom. The quantitative estimate of drug-likeness (QED) is 0.556. The van der Waals surface area contributed by atoms with Crippen molar-refractivity contribution in [3.05, 3.63) is 24.3 Å². The molecule has 0 aromatic carbocycles. The Balaban J connectivity index is 2.63. The molecule has 0 spiro atoms. The Morgan fingerprint density at radius 2 is 1.69 bits per heavy atom. The molecule has 0 bridgehead atoms. The molecule has 1 aliphatic rings. The van der Waals surface area contributed by atoms with Crippen molar-refractivity contribution in [2.45, 2.75) is 40.0 Å². The Bertz CT molecular complexity index is 212. The largest absolute Gasteiger partial charge is 0.0999 e. The summed E-state index contributed by atoms with van der Waals surface area (Å²) in [5.74, 6) is 2.31. The van der Waals surface area contributed by atoms with Crippen molar-refractivity contribution in [3.8, 4) is 0 Å². The molecule has 1 aliphatic carbocycles. The molecular weight excluding hydrogens is 156 g/mol. The van der Waals surface area contributed by atoms with E-state index in [0.29, 0.717) is 0 Å². The van der Waals surface area contributed by atoms with Gasteiger partial charge < -0.3 is 0 Å². The van der Waals surface area contributed by atoms with E-state index < -0.39 is 0 Å². The van der Waals surface area contributed by atoms with Gasteiger partial charge in [0.25, 0.3) is 0 Å². The van der Waals surface area contributed by atoms with Crippen LogP contribution in [0.3, 0.4) is 0 Å². The fraction of sp³-hybridized carbons (Fsp3) is 0.692. The Hall–Kier alpha value is -0.520. The summed E-state index contributed by atoms with van der Waals surface area (Å²) in [5, 5.41) is 0. The molecule has 13 heavy (non-hydrogen) atoms. The van der Waals surface area contributed by atoms with E-state index in [2.05, 4.69) is 33.9 Å². The second kappa shape index (κ2) is 4.13. The fourth-order valence-corrected chi connectivity index (χ4v) is 2.46. The SMILES string of the molecule is C=C(C)C1CCC(C)C(C(=C)C)C1. The Morgan fingerprint density at radius 1 is 1.08 bits per heavy atom. The summed E-state index contributed by atoms with van der Waals surface area (Å²) in [5.41, 5.74) is 2.72. The first kappa shape index (κ1) is 10.6. The maximum Gasteiger partial charge on any atom is -0.0177 e. The zero-order valence-corrected chi connectivity index (χ0v) is 9.27. The van der Waals surface area contributed by atoms with Gasteiger partial charge in [-0.15, -0.1) is 0 Å². The lowest BCUT2D eigenvalue weighted by Gasteiger charge is -2.35. The third kappa shape index (κ3) is 2.46. The van der Waals surface area contributed by atoms with Gasteiger partial charge in [-0.05, 0) is 50.9 Å². The Labute approximate surface area is 82.7 Å². The molecule has 0 saturated heterocycles. The van der Waals surface area contributed by atoms with Crippen LogP contribution in [0.15, 0.2) is 24.3 Å². The zero-order valence-electron chi connectivity index (χ0n) is 9.27. The maximum atomic E-state index is 4.09. The fourth-order valence-electron chi connectivity index (χ4n) is 2.46. The van der Waals surface area contributed by atoms with Gasteiger partial charge in [0.1, 0.15) is 0 Å². The lowest BCUT2D eigenvalue weighted by atomic mass is 9.70. The first-order valence-electron chi connectivity index (χ1n) is 5.33. The molecule has 1 saturated carbocycles. The number of rotatable bonds is 2. The molecule has 0 aromatic rings. The van der Waals surface area contributed by atoms with Crippen molar-refractivity contribution in [1.82, 2.24) is 0 Å². The predicted octanol–water partition coefficient (Wildman–Crippen LogP) is 4.19. The van der Waals surface area contributed by atoms with Crippen LogP contribution in [-0.4, -0.2) is 0 Å². The van der Waals surface area contributed by atoms with Crippen LogP contribution in [0.4, 0.5) is 0 Å². The van der Waals surface area contributed by atoms with Crippen LogP contribution in [-0.2, 0) is 0 Å². The van der Waals surface area contributed by atoms with Crippen LogP contribution in [0.25, 0.3) is 0 Å². The average molecular weight is 178 g/mol. The van der Waals surface area contributed by atoms with Gasteiger partial charge in [-0.2, -0.15) is 0 Å². The molecule has 0 heteroatoms. The van der Waals surface area contributed by atoms with Gasteiger partial charge in [-0.25, -0.2) is 0 Å². The molecule has 0 nitrogen and oxygen atoms in total. The third-order valence-corrected chi connectivity index (χ3v) is 3.53. The maximum absolute atomic E-state index is 4.09. The molecular formula is C13H22. The van der Waals surface area contributed by atoms with Crippen LogP contribution in [0.1, 0.15) is 40.0 Å². The van der Waals surface area contributed by atoms with Crippen LogP contribution in [0, 0.1) is 17.8 Å². The summed E-state index contributed by atoms with van der Waals surface area (Å²) in [6.07, 6.45) is 3.96. The summed E-state index contributed by atoms with van der Waals surface area (Å²) in [7, 11) is 0. The van der Waals surface area contributed by atoms with E-state index >= 15 is 0 Å². The molecule has 0 aliphatic heterocycles. The lowest BCUT2D eigenvalue weighted by molar-refractivity contribution is 0.244. The summed E-state index contributed by atoms with van der Waals surface area (Å²) >= 11 is 0. The van der Waals surface area contributed by atoms with E-state index in [9.17, 15) is 0 Å². The van der Waals surface area contributed by atoms with Crippen molar-refractivity contribution in [2.75, 3.05) is 0 Å². The van der Waals surface area contributed by atoms with Crippen molar-refractivity contribution < 1.29 is 0 Å². The number of hydrogen-bond acceptors (Lipinski definition) is 0. The highest BCUT2D eigenvalue weighted by Crippen LogP contribution is 2.39. The smallest absolute Gasteiger partial charge is 0.0177 e.